The fourth-order valence-corrected chi connectivity index (χ4v) is 4.22. The van der Waals surface area contributed by atoms with E-state index in [0.29, 0.717) is 50.1 Å². The summed E-state index contributed by atoms with van der Waals surface area (Å²) in [6.07, 6.45) is -1.23. The third kappa shape index (κ3) is 4.65. The van der Waals surface area contributed by atoms with Gasteiger partial charge >= 0.3 is 6.18 Å². The second-order valence-electron chi connectivity index (χ2n) is 8.25. The molecule has 3 heterocycles. The van der Waals surface area contributed by atoms with Gasteiger partial charge in [0.25, 0.3) is 11.8 Å². The Kier molecular flexibility index (Phi) is 6.27. The van der Waals surface area contributed by atoms with E-state index in [1.807, 2.05) is 11.0 Å². The van der Waals surface area contributed by atoms with Crippen LogP contribution in [0.15, 0.2) is 30.5 Å². The van der Waals surface area contributed by atoms with E-state index in [-0.39, 0.29) is 19.0 Å². The Morgan fingerprint density at radius 2 is 1.85 bits per heavy atom. The van der Waals surface area contributed by atoms with Gasteiger partial charge in [-0.15, -0.1) is 0 Å². The number of hydrogen-bond donors (Lipinski definition) is 0. The Balaban J connectivity index is 1.44. The summed E-state index contributed by atoms with van der Waals surface area (Å²) in [5, 5.41) is 0. The van der Waals surface area contributed by atoms with Crippen molar-refractivity contribution in [1.29, 1.82) is 0 Å². The zero-order chi connectivity index (χ0) is 23.8. The summed E-state index contributed by atoms with van der Waals surface area (Å²) in [5.41, 5.74) is 0.279. The van der Waals surface area contributed by atoms with Crippen LogP contribution in [-0.4, -0.2) is 59.3 Å². The maximum Gasteiger partial charge on any atom is 0.417 e. The van der Waals surface area contributed by atoms with Gasteiger partial charge in [-0.05, 0) is 30.7 Å². The lowest BCUT2D eigenvalue weighted by Gasteiger charge is -2.36. The fourth-order valence-electron chi connectivity index (χ4n) is 4.22. The predicted octanol–water partition coefficient (Wildman–Crippen LogP) is 3.96. The molecule has 0 unspecified atom stereocenters. The maximum atomic E-state index is 13.6. The number of hydrogen-bond acceptors (Lipinski definition) is 4. The van der Waals surface area contributed by atoms with Crippen molar-refractivity contribution in [1.82, 2.24) is 14.8 Å². The van der Waals surface area contributed by atoms with Crippen LogP contribution in [-0.2, 0) is 12.7 Å². The van der Waals surface area contributed by atoms with Crippen molar-refractivity contribution in [2.45, 2.75) is 32.5 Å². The third-order valence-corrected chi connectivity index (χ3v) is 6.03. The molecule has 0 N–H and O–H groups in total. The van der Waals surface area contributed by atoms with Crippen LogP contribution >= 0.6 is 0 Å². The number of aromatic nitrogens is 1. The van der Waals surface area contributed by atoms with Crippen LogP contribution in [0.5, 0.6) is 0 Å². The minimum absolute atomic E-state index is 0.0732. The van der Waals surface area contributed by atoms with Gasteiger partial charge in [0.05, 0.1) is 23.0 Å². The van der Waals surface area contributed by atoms with Crippen LogP contribution in [0.25, 0.3) is 0 Å². The Labute approximate surface area is 188 Å². The smallest absolute Gasteiger partial charge is 0.367 e. The second kappa shape index (κ2) is 8.99. The first-order valence-corrected chi connectivity index (χ1v) is 10.9. The van der Waals surface area contributed by atoms with Gasteiger partial charge in [-0.2, -0.15) is 13.2 Å². The van der Waals surface area contributed by atoms with Crippen molar-refractivity contribution in [3.63, 3.8) is 0 Å². The van der Waals surface area contributed by atoms with Crippen molar-refractivity contribution in [2.24, 2.45) is 0 Å². The Morgan fingerprint density at radius 1 is 1.12 bits per heavy atom. The van der Waals surface area contributed by atoms with Gasteiger partial charge in [0, 0.05) is 44.8 Å². The summed E-state index contributed by atoms with van der Waals surface area (Å²) in [6.45, 7) is 4.39. The molecule has 0 aliphatic carbocycles. The standard InChI is InChI=1S/C23H24F4N4O2/c1-2-3-6-31-14-15-11-17(13-28-20(15)22(31)33)29-7-9-30(10-8-29)21(32)18-12-16(24)4-5-19(18)23(25,26)27/h4-5,11-13H,2-3,6-10,14H2,1H3. The highest BCUT2D eigenvalue weighted by atomic mass is 19.4. The molecule has 2 aromatic rings. The molecule has 0 spiro atoms. The van der Waals surface area contributed by atoms with Crippen molar-refractivity contribution in [3.8, 4) is 0 Å². The van der Waals surface area contributed by atoms with E-state index in [1.54, 1.807) is 11.1 Å². The number of alkyl halides is 3. The first-order valence-electron chi connectivity index (χ1n) is 10.9. The molecule has 2 aliphatic heterocycles. The number of fused-ring (bicyclic) bond motifs is 1. The predicted molar refractivity (Wildman–Crippen MR) is 113 cm³/mol. The lowest BCUT2D eigenvalue weighted by atomic mass is 10.0. The lowest BCUT2D eigenvalue weighted by molar-refractivity contribution is -0.138. The normalized spacial score (nSPS) is 16.4. The zero-order valence-electron chi connectivity index (χ0n) is 18.2. The number of amides is 2. The van der Waals surface area contributed by atoms with Crippen molar-refractivity contribution < 1.29 is 27.2 Å². The number of carbonyl (C=O) groups is 2. The number of piperazine rings is 1. The summed E-state index contributed by atoms with van der Waals surface area (Å²) in [6, 6.07) is 3.86. The molecule has 4 rings (SSSR count). The van der Waals surface area contributed by atoms with Crippen LogP contribution in [0.2, 0.25) is 0 Å². The minimum Gasteiger partial charge on any atom is -0.367 e. The Bertz CT molecular complexity index is 1060. The van der Waals surface area contributed by atoms with Crippen LogP contribution in [0.1, 0.15) is 51.7 Å². The lowest BCUT2D eigenvalue weighted by Crippen LogP contribution is -2.49. The molecule has 0 bridgehead atoms. The summed E-state index contributed by atoms with van der Waals surface area (Å²) in [4.78, 5) is 34.6. The van der Waals surface area contributed by atoms with E-state index in [9.17, 15) is 27.2 Å². The first-order chi connectivity index (χ1) is 15.7. The molecule has 2 aliphatic rings. The molecule has 10 heteroatoms. The molecule has 0 saturated carbocycles. The summed E-state index contributed by atoms with van der Waals surface area (Å²) < 4.78 is 53.5. The summed E-state index contributed by atoms with van der Waals surface area (Å²) in [5.74, 6) is -1.81. The highest BCUT2D eigenvalue weighted by Crippen LogP contribution is 2.33. The summed E-state index contributed by atoms with van der Waals surface area (Å²) >= 11 is 0. The van der Waals surface area contributed by atoms with Crippen molar-refractivity contribution in [2.75, 3.05) is 37.6 Å². The minimum atomic E-state index is -4.75. The Morgan fingerprint density at radius 3 is 2.52 bits per heavy atom. The monoisotopic (exact) mass is 464 g/mol. The quantitative estimate of drug-likeness (QED) is 0.629. The number of benzene rings is 1. The average Bonchev–Trinajstić information content (AvgIpc) is 3.11. The van der Waals surface area contributed by atoms with E-state index >= 15 is 0 Å². The largest absolute Gasteiger partial charge is 0.417 e. The van der Waals surface area contributed by atoms with Crippen LogP contribution in [0.4, 0.5) is 23.2 Å². The molecule has 33 heavy (non-hydrogen) atoms. The second-order valence-corrected chi connectivity index (χ2v) is 8.25. The molecule has 6 nitrogen and oxygen atoms in total. The molecule has 0 radical (unpaired) electrons. The highest BCUT2D eigenvalue weighted by molar-refractivity contribution is 5.97. The van der Waals surface area contributed by atoms with Gasteiger partial charge in [-0.1, -0.05) is 13.3 Å². The SMILES string of the molecule is CCCCN1Cc2cc(N3CCN(C(=O)c4cc(F)ccc4C(F)(F)F)CC3)cnc2C1=O. The van der Waals surface area contributed by atoms with Crippen LogP contribution < -0.4 is 4.90 Å². The van der Waals surface area contributed by atoms with Gasteiger partial charge in [0.2, 0.25) is 0 Å². The topological polar surface area (TPSA) is 56.8 Å². The fraction of sp³-hybridized carbons (Fsp3) is 0.435. The first kappa shape index (κ1) is 23.0. The molecule has 176 valence electrons. The number of halogens is 4. The zero-order valence-corrected chi connectivity index (χ0v) is 18.2. The third-order valence-electron chi connectivity index (χ3n) is 6.03. The van der Waals surface area contributed by atoms with E-state index in [2.05, 4.69) is 11.9 Å². The molecule has 1 saturated heterocycles. The molecule has 2 amide bonds. The number of nitrogens with zero attached hydrogens (tertiary/aromatic N) is 4. The highest BCUT2D eigenvalue weighted by Gasteiger charge is 2.37. The van der Waals surface area contributed by atoms with E-state index < -0.39 is 29.0 Å². The van der Waals surface area contributed by atoms with Crippen molar-refractivity contribution >= 4 is 17.5 Å². The molecule has 0 atom stereocenters. The van der Waals surface area contributed by atoms with Gasteiger partial charge in [0.15, 0.2) is 0 Å². The molecule has 1 fully saturated rings. The van der Waals surface area contributed by atoms with Crippen LogP contribution in [0, 0.1) is 5.82 Å². The van der Waals surface area contributed by atoms with Gasteiger partial charge in [-0.25, -0.2) is 9.37 Å². The van der Waals surface area contributed by atoms with Gasteiger partial charge < -0.3 is 14.7 Å². The van der Waals surface area contributed by atoms with E-state index in [1.165, 1.54) is 4.90 Å². The number of pyridine rings is 1. The molecular formula is C23H24F4N4O2. The van der Waals surface area contributed by atoms with Gasteiger partial charge in [0.1, 0.15) is 11.5 Å². The van der Waals surface area contributed by atoms with Gasteiger partial charge in [-0.3, -0.25) is 9.59 Å². The number of carbonyl (C=O) groups excluding carboxylic acids is 2. The number of unbranched alkanes of at least 4 members (excludes halogenated alkanes) is 1. The number of anilines is 1. The van der Waals surface area contributed by atoms with Crippen molar-refractivity contribution in [3.05, 3.63) is 58.7 Å². The molecule has 1 aromatic carbocycles. The average molecular weight is 464 g/mol. The van der Waals surface area contributed by atoms with Crippen LogP contribution in [0.3, 0.4) is 0 Å². The van der Waals surface area contributed by atoms with E-state index in [0.717, 1.165) is 24.1 Å². The Hall–Kier alpha value is -3.17. The molecular weight excluding hydrogens is 440 g/mol. The van der Waals surface area contributed by atoms with E-state index in [4.69, 9.17) is 0 Å². The maximum absolute atomic E-state index is 13.6. The molecule has 1 aromatic heterocycles. The summed E-state index contributed by atoms with van der Waals surface area (Å²) in [7, 11) is 0. The number of rotatable bonds is 5.